The molecule has 1 aromatic rings. The minimum absolute atomic E-state index is 0. The zero-order valence-electron chi connectivity index (χ0n) is 15.1. The second-order valence-electron chi connectivity index (χ2n) is 6.78. The molecule has 1 aliphatic rings. The molecule has 0 bridgehead atoms. The molecule has 1 N–H and O–H groups in total. The number of aliphatic hydroxyl groups is 1. The van der Waals surface area contributed by atoms with Crippen LogP contribution in [-0.2, 0) is 9.47 Å². The number of halogens is 2. The molecule has 1 radical (unpaired) electrons. The van der Waals surface area contributed by atoms with Gasteiger partial charge in [-0.25, -0.2) is 4.79 Å². The molecule has 135 valence electrons. The number of benzene rings is 1. The summed E-state index contributed by atoms with van der Waals surface area (Å²) in [5.41, 5.74) is 0.252. The Labute approximate surface area is 180 Å². The average molecular weight is 399 g/mol. The monoisotopic (exact) mass is 398 g/mol. The Bertz CT molecular complexity index is 595. The van der Waals surface area contributed by atoms with Crippen molar-refractivity contribution in [2.24, 2.45) is 0 Å². The Kier molecular flexibility index (Phi) is 9.02. The van der Waals surface area contributed by atoms with Gasteiger partial charge in [0.2, 0.25) is 0 Å². The summed E-state index contributed by atoms with van der Waals surface area (Å²) in [7, 11) is 0. The van der Waals surface area contributed by atoms with Crippen molar-refractivity contribution in [1.82, 2.24) is 4.90 Å². The van der Waals surface area contributed by atoms with Crippen LogP contribution in [0, 0.1) is 0 Å². The molecule has 8 heteroatoms. The van der Waals surface area contributed by atoms with Gasteiger partial charge < -0.3 is 14.6 Å². The van der Waals surface area contributed by atoms with Crippen molar-refractivity contribution in [3.63, 3.8) is 0 Å². The second kappa shape index (κ2) is 9.79. The maximum Gasteiger partial charge on any atom is 0.410 e. The van der Waals surface area contributed by atoms with Crippen LogP contribution < -0.4 is 0 Å². The average Bonchev–Trinajstić information content (AvgIpc) is 2.70. The van der Waals surface area contributed by atoms with Crippen LogP contribution in [0.15, 0.2) is 18.2 Å². The number of ether oxygens (including phenoxy) is 2. The largest absolute Gasteiger partial charge is 0.444 e. The van der Waals surface area contributed by atoms with Crippen molar-refractivity contribution >= 4 is 58.9 Å². The van der Waals surface area contributed by atoms with E-state index in [2.05, 4.69) is 0 Å². The van der Waals surface area contributed by atoms with Crippen LogP contribution in [0.1, 0.15) is 32.3 Å². The van der Waals surface area contributed by atoms with Gasteiger partial charge in [0.15, 0.2) is 0 Å². The minimum Gasteiger partial charge on any atom is -0.444 e. The molecule has 0 saturated carbocycles. The standard InChI is InChI=1S/C17H23Cl2NO4.Na/c1-17(2,3)24-16(22)20-6-7-23-10-12(15(20)9-21)11-4-5-13(18)14(19)8-11;/h4-5,8,12,15,21H,6-7,9-10H2,1-3H3;. The molecule has 0 spiro atoms. The summed E-state index contributed by atoms with van der Waals surface area (Å²) in [6, 6.07) is 4.83. The Balaban J connectivity index is 0.00000312. The van der Waals surface area contributed by atoms with Gasteiger partial charge in [0.25, 0.3) is 0 Å². The fourth-order valence-electron chi connectivity index (χ4n) is 2.70. The van der Waals surface area contributed by atoms with Crippen LogP contribution in [-0.4, -0.2) is 83.7 Å². The van der Waals surface area contributed by atoms with Crippen LogP contribution in [0.3, 0.4) is 0 Å². The van der Waals surface area contributed by atoms with Gasteiger partial charge in [-0.3, -0.25) is 4.90 Å². The van der Waals surface area contributed by atoms with E-state index < -0.39 is 17.7 Å². The second-order valence-corrected chi connectivity index (χ2v) is 7.59. The van der Waals surface area contributed by atoms with Gasteiger partial charge in [0.1, 0.15) is 5.60 Å². The van der Waals surface area contributed by atoms with Crippen LogP contribution >= 0.6 is 23.2 Å². The molecular weight excluding hydrogens is 376 g/mol. The van der Waals surface area contributed by atoms with Gasteiger partial charge in [0.05, 0.1) is 35.9 Å². The van der Waals surface area contributed by atoms with Crippen molar-refractivity contribution in [1.29, 1.82) is 0 Å². The molecule has 1 amide bonds. The zero-order valence-corrected chi connectivity index (χ0v) is 18.6. The first-order valence-corrected chi connectivity index (χ1v) is 8.61. The van der Waals surface area contributed by atoms with Crippen LogP contribution in [0.5, 0.6) is 0 Å². The molecule has 1 aromatic carbocycles. The first-order valence-electron chi connectivity index (χ1n) is 7.86. The molecule has 1 saturated heterocycles. The maximum absolute atomic E-state index is 12.5. The predicted molar refractivity (Wildman–Crippen MR) is 99.6 cm³/mol. The number of rotatable bonds is 2. The summed E-state index contributed by atoms with van der Waals surface area (Å²) in [5.74, 6) is -0.222. The molecular formula is C17H23Cl2NNaO4. The third kappa shape index (κ3) is 6.28. The zero-order chi connectivity index (χ0) is 17.9. The molecule has 1 fully saturated rings. The fourth-order valence-corrected chi connectivity index (χ4v) is 3.01. The Morgan fingerprint density at radius 1 is 1.36 bits per heavy atom. The van der Waals surface area contributed by atoms with Crippen molar-refractivity contribution in [2.45, 2.75) is 38.3 Å². The molecule has 2 rings (SSSR count). The summed E-state index contributed by atoms with van der Waals surface area (Å²) in [6.07, 6.45) is -0.461. The van der Waals surface area contributed by atoms with Crippen molar-refractivity contribution in [3.05, 3.63) is 33.8 Å². The quantitative estimate of drug-likeness (QED) is 0.776. The minimum atomic E-state index is -0.608. The molecule has 5 nitrogen and oxygen atoms in total. The van der Waals surface area contributed by atoms with Crippen LogP contribution in [0.4, 0.5) is 4.79 Å². The van der Waals surface area contributed by atoms with E-state index in [4.69, 9.17) is 32.7 Å². The normalized spacial score (nSPS) is 21.3. The van der Waals surface area contributed by atoms with Gasteiger partial charge in [0, 0.05) is 42.0 Å². The first kappa shape index (κ1) is 23.0. The summed E-state index contributed by atoms with van der Waals surface area (Å²) in [5, 5.41) is 10.8. The molecule has 2 atom stereocenters. The molecule has 1 aliphatic heterocycles. The molecule has 1 heterocycles. The Hall–Kier alpha value is -0.01000. The number of aliphatic hydroxyl groups excluding tert-OH is 1. The number of hydrogen-bond acceptors (Lipinski definition) is 4. The van der Waals surface area contributed by atoms with E-state index >= 15 is 0 Å². The third-order valence-corrected chi connectivity index (χ3v) is 4.56. The number of nitrogens with zero attached hydrogens (tertiary/aromatic N) is 1. The Morgan fingerprint density at radius 2 is 2.04 bits per heavy atom. The number of amides is 1. The molecule has 0 aliphatic carbocycles. The van der Waals surface area contributed by atoms with E-state index in [9.17, 15) is 9.90 Å². The maximum atomic E-state index is 12.5. The van der Waals surface area contributed by atoms with E-state index in [0.29, 0.717) is 29.8 Å². The SMILES string of the molecule is CC(C)(C)OC(=O)N1CCOCC(c2ccc(Cl)c(Cl)c2)C1CO.[Na]. The summed E-state index contributed by atoms with van der Waals surface area (Å²) >= 11 is 12.1. The number of carbonyl (C=O) groups excluding carboxylic acids is 1. The van der Waals surface area contributed by atoms with Crippen molar-refractivity contribution in [2.75, 3.05) is 26.4 Å². The topological polar surface area (TPSA) is 59.0 Å². The van der Waals surface area contributed by atoms with Crippen molar-refractivity contribution < 1.29 is 19.4 Å². The predicted octanol–water partition coefficient (Wildman–Crippen LogP) is 3.32. The van der Waals surface area contributed by atoms with Crippen LogP contribution in [0.25, 0.3) is 0 Å². The third-order valence-electron chi connectivity index (χ3n) is 3.83. The van der Waals surface area contributed by atoms with Gasteiger partial charge in [-0.1, -0.05) is 29.3 Å². The van der Waals surface area contributed by atoms with Crippen LogP contribution in [0.2, 0.25) is 10.0 Å². The Morgan fingerprint density at radius 3 is 2.60 bits per heavy atom. The van der Waals surface area contributed by atoms with E-state index in [1.807, 2.05) is 26.8 Å². The smallest absolute Gasteiger partial charge is 0.410 e. The molecule has 0 aromatic heterocycles. The van der Waals surface area contributed by atoms with E-state index in [0.717, 1.165) is 5.56 Å². The molecule has 2 unspecified atom stereocenters. The van der Waals surface area contributed by atoms with Crippen molar-refractivity contribution in [3.8, 4) is 0 Å². The summed E-state index contributed by atoms with van der Waals surface area (Å²) in [4.78, 5) is 14.1. The number of hydrogen-bond donors (Lipinski definition) is 1. The summed E-state index contributed by atoms with van der Waals surface area (Å²) in [6.45, 7) is 6.35. The van der Waals surface area contributed by atoms with E-state index in [1.165, 1.54) is 4.90 Å². The van der Waals surface area contributed by atoms with Gasteiger partial charge in [-0.15, -0.1) is 0 Å². The van der Waals surface area contributed by atoms with Gasteiger partial charge in [-0.2, -0.15) is 0 Å². The molecule has 25 heavy (non-hydrogen) atoms. The fraction of sp³-hybridized carbons (Fsp3) is 0.588. The van der Waals surface area contributed by atoms with E-state index in [-0.39, 0.29) is 42.1 Å². The van der Waals surface area contributed by atoms with Gasteiger partial charge >= 0.3 is 6.09 Å². The van der Waals surface area contributed by atoms with Gasteiger partial charge in [-0.05, 0) is 38.5 Å². The summed E-state index contributed by atoms with van der Waals surface area (Å²) < 4.78 is 11.1. The number of carbonyl (C=O) groups is 1. The first-order chi connectivity index (χ1) is 11.2. The van der Waals surface area contributed by atoms with E-state index in [1.54, 1.807) is 12.1 Å².